The van der Waals surface area contributed by atoms with Crippen molar-refractivity contribution in [2.24, 2.45) is 0 Å². The zero-order valence-electron chi connectivity index (χ0n) is 17.4. The SMILES string of the molecule is Cc1noc(C)c1COc1ccc(C(=O)Nc2cc(C(C)(C)C)ccc2O)cc1. The lowest BCUT2D eigenvalue weighted by Crippen LogP contribution is -2.15. The van der Waals surface area contributed by atoms with Crippen molar-refractivity contribution in [2.75, 3.05) is 5.32 Å². The molecule has 6 heteroatoms. The van der Waals surface area contributed by atoms with Crippen molar-refractivity contribution >= 4 is 11.6 Å². The van der Waals surface area contributed by atoms with E-state index in [9.17, 15) is 9.90 Å². The van der Waals surface area contributed by atoms with E-state index in [1.807, 2.05) is 19.9 Å². The minimum absolute atomic E-state index is 0.0331. The number of nitrogens with zero attached hydrogens (tertiary/aromatic N) is 1. The van der Waals surface area contributed by atoms with Crippen LogP contribution in [0, 0.1) is 13.8 Å². The monoisotopic (exact) mass is 394 g/mol. The lowest BCUT2D eigenvalue weighted by Gasteiger charge is -2.20. The van der Waals surface area contributed by atoms with Crippen LogP contribution in [0.5, 0.6) is 11.5 Å². The molecule has 3 rings (SSSR count). The van der Waals surface area contributed by atoms with Crippen molar-refractivity contribution in [1.82, 2.24) is 5.16 Å². The predicted molar refractivity (Wildman–Crippen MR) is 112 cm³/mol. The number of ether oxygens (including phenoxy) is 1. The molecule has 1 heterocycles. The van der Waals surface area contributed by atoms with Crippen LogP contribution in [0.3, 0.4) is 0 Å². The third-order valence-electron chi connectivity index (χ3n) is 4.79. The minimum atomic E-state index is -0.302. The molecule has 6 nitrogen and oxygen atoms in total. The van der Waals surface area contributed by atoms with Gasteiger partial charge in [-0.05, 0) is 61.2 Å². The van der Waals surface area contributed by atoms with Crippen molar-refractivity contribution in [3.63, 3.8) is 0 Å². The van der Waals surface area contributed by atoms with Gasteiger partial charge in [-0.15, -0.1) is 0 Å². The van der Waals surface area contributed by atoms with Gasteiger partial charge in [0.1, 0.15) is 23.9 Å². The molecule has 1 aromatic heterocycles. The molecule has 2 N–H and O–H groups in total. The Morgan fingerprint density at radius 2 is 1.83 bits per heavy atom. The summed E-state index contributed by atoms with van der Waals surface area (Å²) in [7, 11) is 0. The third kappa shape index (κ3) is 4.77. The minimum Gasteiger partial charge on any atom is -0.506 e. The molecule has 0 spiro atoms. The van der Waals surface area contributed by atoms with E-state index >= 15 is 0 Å². The Morgan fingerprint density at radius 1 is 1.14 bits per heavy atom. The average Bonchev–Trinajstić information content (AvgIpc) is 2.99. The maximum atomic E-state index is 12.6. The van der Waals surface area contributed by atoms with E-state index in [1.165, 1.54) is 0 Å². The second-order valence-electron chi connectivity index (χ2n) is 8.05. The number of rotatable bonds is 5. The number of nitrogens with one attached hydrogen (secondary N) is 1. The van der Waals surface area contributed by atoms with E-state index in [2.05, 4.69) is 31.2 Å². The average molecular weight is 394 g/mol. The van der Waals surface area contributed by atoms with E-state index in [1.54, 1.807) is 36.4 Å². The van der Waals surface area contributed by atoms with Gasteiger partial charge in [-0.2, -0.15) is 0 Å². The summed E-state index contributed by atoms with van der Waals surface area (Å²) >= 11 is 0. The maximum absolute atomic E-state index is 12.6. The summed E-state index contributed by atoms with van der Waals surface area (Å²) in [5.41, 5.74) is 3.51. The molecular weight excluding hydrogens is 368 g/mol. The zero-order valence-corrected chi connectivity index (χ0v) is 17.4. The molecular formula is C23H26N2O4. The van der Waals surface area contributed by atoms with Gasteiger partial charge in [0.2, 0.25) is 0 Å². The normalized spacial score (nSPS) is 11.3. The largest absolute Gasteiger partial charge is 0.506 e. The van der Waals surface area contributed by atoms with Crippen LogP contribution in [-0.2, 0) is 12.0 Å². The Balaban J connectivity index is 1.68. The highest BCUT2D eigenvalue weighted by atomic mass is 16.5. The lowest BCUT2D eigenvalue weighted by atomic mass is 9.87. The molecule has 152 valence electrons. The van der Waals surface area contributed by atoms with Crippen molar-refractivity contribution in [3.8, 4) is 11.5 Å². The topological polar surface area (TPSA) is 84.6 Å². The number of phenols is 1. The van der Waals surface area contributed by atoms with E-state index < -0.39 is 0 Å². The number of carbonyl (C=O) groups is 1. The molecule has 0 bridgehead atoms. The molecule has 2 aromatic carbocycles. The highest BCUT2D eigenvalue weighted by molar-refractivity contribution is 6.05. The van der Waals surface area contributed by atoms with Crippen molar-refractivity contribution in [1.29, 1.82) is 0 Å². The van der Waals surface area contributed by atoms with Gasteiger partial charge in [-0.25, -0.2) is 0 Å². The van der Waals surface area contributed by atoms with Crippen molar-refractivity contribution < 1.29 is 19.2 Å². The lowest BCUT2D eigenvalue weighted by molar-refractivity contribution is 0.102. The molecule has 0 fully saturated rings. The first-order valence-corrected chi connectivity index (χ1v) is 9.44. The molecule has 0 atom stereocenters. The van der Waals surface area contributed by atoms with E-state index in [0.29, 0.717) is 23.6 Å². The molecule has 0 aliphatic heterocycles. The number of hydrogen-bond donors (Lipinski definition) is 2. The summed E-state index contributed by atoms with van der Waals surface area (Å²) < 4.78 is 10.9. The van der Waals surface area contributed by atoms with Gasteiger partial charge >= 0.3 is 0 Å². The van der Waals surface area contributed by atoms with Crippen LogP contribution in [0.1, 0.15) is 53.7 Å². The first-order chi connectivity index (χ1) is 13.6. The number of amides is 1. The van der Waals surface area contributed by atoms with Crippen molar-refractivity contribution in [3.05, 3.63) is 70.6 Å². The summed E-state index contributed by atoms with van der Waals surface area (Å²) in [5.74, 6) is 1.10. The van der Waals surface area contributed by atoms with Crippen LogP contribution >= 0.6 is 0 Å². The fourth-order valence-corrected chi connectivity index (χ4v) is 2.86. The molecule has 0 radical (unpaired) electrons. The second kappa shape index (κ2) is 7.99. The van der Waals surface area contributed by atoms with E-state index in [0.717, 1.165) is 22.6 Å². The van der Waals surface area contributed by atoms with Crippen LogP contribution < -0.4 is 10.1 Å². The Bertz CT molecular complexity index is 995. The Hall–Kier alpha value is -3.28. The van der Waals surface area contributed by atoms with Crippen LogP contribution in [-0.4, -0.2) is 16.2 Å². The van der Waals surface area contributed by atoms with Crippen molar-refractivity contribution in [2.45, 2.75) is 46.6 Å². The number of anilines is 1. The molecule has 29 heavy (non-hydrogen) atoms. The summed E-state index contributed by atoms with van der Waals surface area (Å²) in [5, 5.41) is 16.8. The molecule has 0 unspecified atom stereocenters. The van der Waals surface area contributed by atoms with Gasteiger partial charge in [0.05, 0.1) is 16.9 Å². The fraction of sp³-hybridized carbons (Fsp3) is 0.304. The molecule has 0 aliphatic carbocycles. The molecule has 1 amide bonds. The number of aromatic hydroxyl groups is 1. The van der Waals surface area contributed by atoms with Gasteiger partial charge in [0, 0.05) is 5.56 Å². The highest BCUT2D eigenvalue weighted by Gasteiger charge is 2.17. The van der Waals surface area contributed by atoms with E-state index in [-0.39, 0.29) is 17.1 Å². The smallest absolute Gasteiger partial charge is 0.255 e. The van der Waals surface area contributed by atoms with Gasteiger partial charge in [-0.3, -0.25) is 4.79 Å². The van der Waals surface area contributed by atoms with Crippen LogP contribution in [0.25, 0.3) is 0 Å². The number of aryl methyl sites for hydroxylation is 2. The van der Waals surface area contributed by atoms with Gasteiger partial charge < -0.3 is 19.7 Å². The summed E-state index contributed by atoms with van der Waals surface area (Å²) in [6, 6.07) is 12.1. The number of hydrogen-bond acceptors (Lipinski definition) is 5. The molecule has 0 saturated heterocycles. The van der Waals surface area contributed by atoms with Gasteiger partial charge in [0.25, 0.3) is 5.91 Å². The quantitative estimate of drug-likeness (QED) is 0.586. The van der Waals surface area contributed by atoms with Crippen LogP contribution in [0.15, 0.2) is 47.0 Å². The number of phenolic OH excluding ortho intramolecular Hbond substituents is 1. The zero-order chi connectivity index (χ0) is 21.2. The number of benzene rings is 2. The first kappa shape index (κ1) is 20.5. The first-order valence-electron chi connectivity index (χ1n) is 9.44. The van der Waals surface area contributed by atoms with E-state index in [4.69, 9.17) is 9.26 Å². The second-order valence-corrected chi connectivity index (χ2v) is 8.05. The number of aromatic nitrogens is 1. The molecule has 0 saturated carbocycles. The standard InChI is InChI=1S/C23H26N2O4/c1-14-19(15(2)29-25-14)13-28-18-9-6-16(7-10-18)22(27)24-20-12-17(23(3,4)5)8-11-21(20)26/h6-12,26H,13H2,1-5H3,(H,24,27). The summed E-state index contributed by atoms with van der Waals surface area (Å²) in [6.07, 6.45) is 0. The van der Waals surface area contributed by atoms with Gasteiger partial charge in [-0.1, -0.05) is 32.0 Å². The Kier molecular flexibility index (Phi) is 5.64. The summed E-state index contributed by atoms with van der Waals surface area (Å²) in [4.78, 5) is 12.6. The van der Waals surface area contributed by atoms with Gasteiger partial charge in [0.15, 0.2) is 0 Å². The van der Waals surface area contributed by atoms with Crippen LogP contribution in [0.2, 0.25) is 0 Å². The van der Waals surface area contributed by atoms with Crippen LogP contribution in [0.4, 0.5) is 5.69 Å². The third-order valence-corrected chi connectivity index (χ3v) is 4.79. The predicted octanol–water partition coefficient (Wildman–Crippen LogP) is 5.13. The fourth-order valence-electron chi connectivity index (χ4n) is 2.86. The molecule has 3 aromatic rings. The number of carbonyl (C=O) groups excluding carboxylic acids is 1. The summed E-state index contributed by atoms with van der Waals surface area (Å²) in [6.45, 7) is 10.3. The Morgan fingerprint density at radius 3 is 2.41 bits per heavy atom. The maximum Gasteiger partial charge on any atom is 0.255 e. The Labute approximate surface area is 170 Å². The molecule has 0 aliphatic rings. The highest BCUT2D eigenvalue weighted by Crippen LogP contribution is 2.31.